The van der Waals surface area contributed by atoms with Crippen molar-refractivity contribution < 1.29 is 9.00 Å². The molecule has 25 heavy (non-hydrogen) atoms. The number of amides is 1. The van der Waals surface area contributed by atoms with Crippen molar-refractivity contribution in [1.82, 2.24) is 4.90 Å². The maximum absolute atomic E-state index is 12.9. The van der Waals surface area contributed by atoms with Crippen molar-refractivity contribution >= 4 is 16.7 Å². The van der Waals surface area contributed by atoms with Gasteiger partial charge in [-0.25, -0.2) is 0 Å². The van der Waals surface area contributed by atoms with E-state index in [1.54, 1.807) is 6.26 Å². The molecule has 1 fully saturated rings. The lowest BCUT2D eigenvalue weighted by atomic mass is 9.89. The smallest absolute Gasteiger partial charge is 0.253 e. The third kappa shape index (κ3) is 4.17. The average molecular weight is 356 g/mol. The van der Waals surface area contributed by atoms with Gasteiger partial charge in [0.25, 0.3) is 5.91 Å². The second-order valence-corrected chi connectivity index (χ2v) is 8.08. The molecule has 2 N–H and O–H groups in total. The Morgan fingerprint density at radius 3 is 2.60 bits per heavy atom. The summed E-state index contributed by atoms with van der Waals surface area (Å²) in [6.45, 7) is 1.94. The molecule has 0 saturated carbocycles. The van der Waals surface area contributed by atoms with Gasteiger partial charge in [0.05, 0.1) is 0 Å². The largest absolute Gasteiger partial charge is 0.338 e. The molecule has 3 atom stereocenters. The van der Waals surface area contributed by atoms with Crippen molar-refractivity contribution in [2.24, 2.45) is 11.7 Å². The topological polar surface area (TPSA) is 63.4 Å². The summed E-state index contributed by atoms with van der Waals surface area (Å²) in [6.07, 6.45) is 1.67. The lowest BCUT2D eigenvalue weighted by molar-refractivity contribution is 0.0786. The SMILES string of the molecule is CS(=O)Cc1cccc(C(=O)N2C[C@@H](CN)[C@H](c3ccccc3)C2)c1. The second kappa shape index (κ2) is 7.93. The summed E-state index contributed by atoms with van der Waals surface area (Å²) in [5.74, 6) is 1.05. The number of hydrogen-bond donors (Lipinski definition) is 1. The van der Waals surface area contributed by atoms with Gasteiger partial charge in [-0.15, -0.1) is 0 Å². The monoisotopic (exact) mass is 356 g/mol. The molecule has 1 amide bonds. The zero-order valence-corrected chi connectivity index (χ0v) is 15.2. The lowest BCUT2D eigenvalue weighted by Gasteiger charge is -2.17. The van der Waals surface area contributed by atoms with E-state index in [4.69, 9.17) is 5.73 Å². The quantitative estimate of drug-likeness (QED) is 0.895. The zero-order chi connectivity index (χ0) is 17.8. The molecule has 0 aromatic heterocycles. The molecule has 0 aliphatic carbocycles. The average Bonchev–Trinajstić information content (AvgIpc) is 3.06. The fourth-order valence-corrected chi connectivity index (χ4v) is 4.21. The van der Waals surface area contributed by atoms with E-state index in [1.165, 1.54) is 5.56 Å². The number of nitrogens with two attached hydrogens (primary N) is 1. The van der Waals surface area contributed by atoms with Gasteiger partial charge in [-0.3, -0.25) is 9.00 Å². The number of hydrogen-bond acceptors (Lipinski definition) is 3. The predicted octanol–water partition coefficient (Wildman–Crippen LogP) is 2.38. The molecule has 5 heteroatoms. The van der Waals surface area contributed by atoms with Crippen LogP contribution in [-0.4, -0.2) is 40.9 Å². The molecule has 3 rings (SSSR count). The molecule has 2 aromatic carbocycles. The van der Waals surface area contributed by atoms with Gasteiger partial charge in [-0.1, -0.05) is 42.5 Å². The van der Waals surface area contributed by atoms with Gasteiger partial charge in [0.1, 0.15) is 0 Å². The Morgan fingerprint density at radius 2 is 1.92 bits per heavy atom. The number of benzene rings is 2. The van der Waals surface area contributed by atoms with Gasteiger partial charge in [0.15, 0.2) is 0 Å². The standard InChI is InChI=1S/C20H24N2O2S/c1-25(24)14-15-6-5-9-17(10-15)20(23)22-12-18(11-21)19(13-22)16-7-3-2-4-8-16/h2-10,18-19H,11-14,21H2,1H3/t18-,19+,25?/m1/s1. The summed E-state index contributed by atoms with van der Waals surface area (Å²) in [6, 6.07) is 17.7. The summed E-state index contributed by atoms with van der Waals surface area (Å²) in [7, 11) is -0.919. The van der Waals surface area contributed by atoms with Crippen molar-refractivity contribution in [1.29, 1.82) is 0 Å². The van der Waals surface area contributed by atoms with Crippen LogP contribution in [0.5, 0.6) is 0 Å². The van der Waals surface area contributed by atoms with E-state index in [9.17, 15) is 9.00 Å². The van der Waals surface area contributed by atoms with E-state index in [-0.39, 0.29) is 17.7 Å². The Balaban J connectivity index is 1.78. The van der Waals surface area contributed by atoms with Crippen LogP contribution in [0.2, 0.25) is 0 Å². The first kappa shape index (κ1) is 17.8. The molecule has 1 heterocycles. The molecular weight excluding hydrogens is 332 g/mol. The number of rotatable bonds is 5. The summed E-state index contributed by atoms with van der Waals surface area (Å²) >= 11 is 0. The molecule has 0 bridgehead atoms. The molecular formula is C20H24N2O2S. The molecule has 1 aliphatic rings. The van der Waals surface area contributed by atoms with Crippen LogP contribution in [-0.2, 0) is 16.6 Å². The number of carbonyl (C=O) groups is 1. The highest BCUT2D eigenvalue weighted by atomic mass is 32.2. The van der Waals surface area contributed by atoms with Gasteiger partial charge in [-0.05, 0) is 35.7 Å². The van der Waals surface area contributed by atoms with E-state index in [2.05, 4.69) is 12.1 Å². The van der Waals surface area contributed by atoms with Gasteiger partial charge >= 0.3 is 0 Å². The normalized spacial score (nSPS) is 21.3. The first-order valence-electron chi connectivity index (χ1n) is 8.51. The molecule has 0 spiro atoms. The van der Waals surface area contributed by atoms with Crippen LogP contribution in [0.15, 0.2) is 54.6 Å². The van der Waals surface area contributed by atoms with E-state index in [0.29, 0.717) is 31.0 Å². The van der Waals surface area contributed by atoms with Gasteiger partial charge < -0.3 is 10.6 Å². The molecule has 0 radical (unpaired) electrons. The lowest BCUT2D eigenvalue weighted by Crippen LogP contribution is -2.29. The van der Waals surface area contributed by atoms with Crippen molar-refractivity contribution in [2.45, 2.75) is 11.7 Å². The number of nitrogens with zero attached hydrogens (tertiary/aromatic N) is 1. The van der Waals surface area contributed by atoms with Crippen molar-refractivity contribution in [2.75, 3.05) is 25.9 Å². The van der Waals surface area contributed by atoms with Gasteiger partial charge in [0.2, 0.25) is 0 Å². The summed E-state index contributed by atoms with van der Waals surface area (Å²) in [4.78, 5) is 14.8. The maximum atomic E-state index is 12.9. The van der Waals surface area contributed by atoms with Crippen LogP contribution in [0.3, 0.4) is 0 Å². The highest BCUT2D eigenvalue weighted by Crippen LogP contribution is 2.32. The van der Waals surface area contributed by atoms with E-state index >= 15 is 0 Å². The van der Waals surface area contributed by atoms with E-state index in [1.807, 2.05) is 47.4 Å². The first-order valence-corrected chi connectivity index (χ1v) is 10.2. The summed E-state index contributed by atoms with van der Waals surface area (Å²) in [5.41, 5.74) is 8.80. The Hall–Kier alpha value is -1.98. The minimum absolute atomic E-state index is 0.0283. The molecule has 1 aliphatic heterocycles. The summed E-state index contributed by atoms with van der Waals surface area (Å²) in [5, 5.41) is 0. The van der Waals surface area contributed by atoms with Crippen LogP contribution in [0.25, 0.3) is 0 Å². The van der Waals surface area contributed by atoms with Crippen LogP contribution in [0.4, 0.5) is 0 Å². The van der Waals surface area contributed by atoms with Crippen LogP contribution >= 0.6 is 0 Å². The molecule has 2 aromatic rings. The molecule has 4 nitrogen and oxygen atoms in total. The Labute approximate surface area is 151 Å². The Bertz CT molecular complexity index is 763. The minimum atomic E-state index is -0.919. The van der Waals surface area contributed by atoms with E-state index in [0.717, 1.165) is 5.56 Å². The number of carbonyl (C=O) groups excluding carboxylic acids is 1. The Morgan fingerprint density at radius 1 is 1.16 bits per heavy atom. The maximum Gasteiger partial charge on any atom is 0.253 e. The van der Waals surface area contributed by atoms with Gasteiger partial charge in [0, 0.05) is 47.4 Å². The third-order valence-corrected chi connectivity index (χ3v) is 5.54. The predicted molar refractivity (Wildman–Crippen MR) is 102 cm³/mol. The fraction of sp³-hybridized carbons (Fsp3) is 0.350. The van der Waals surface area contributed by atoms with Crippen molar-refractivity contribution in [3.63, 3.8) is 0 Å². The van der Waals surface area contributed by atoms with E-state index < -0.39 is 10.8 Å². The molecule has 132 valence electrons. The van der Waals surface area contributed by atoms with Crippen molar-refractivity contribution in [3.05, 3.63) is 71.3 Å². The zero-order valence-electron chi connectivity index (χ0n) is 14.4. The highest BCUT2D eigenvalue weighted by molar-refractivity contribution is 7.83. The van der Waals surface area contributed by atoms with Crippen molar-refractivity contribution in [3.8, 4) is 0 Å². The van der Waals surface area contributed by atoms with Crippen LogP contribution < -0.4 is 5.73 Å². The Kier molecular flexibility index (Phi) is 5.66. The first-order chi connectivity index (χ1) is 12.1. The van der Waals surface area contributed by atoms with Crippen LogP contribution in [0, 0.1) is 5.92 Å². The number of likely N-dealkylation sites (tertiary alicyclic amines) is 1. The summed E-state index contributed by atoms with van der Waals surface area (Å²) < 4.78 is 11.4. The fourth-order valence-electron chi connectivity index (χ4n) is 3.57. The molecule has 1 unspecified atom stereocenters. The highest BCUT2D eigenvalue weighted by Gasteiger charge is 2.35. The third-order valence-electron chi connectivity index (χ3n) is 4.80. The van der Waals surface area contributed by atoms with Crippen LogP contribution in [0.1, 0.15) is 27.4 Å². The molecule has 1 saturated heterocycles. The minimum Gasteiger partial charge on any atom is -0.338 e. The second-order valence-electron chi connectivity index (χ2n) is 6.64. The van der Waals surface area contributed by atoms with Gasteiger partial charge in [-0.2, -0.15) is 0 Å².